The number of pyridine rings is 4. The zero-order valence-corrected chi connectivity index (χ0v) is 32.0. The summed E-state index contributed by atoms with van der Waals surface area (Å²) < 4.78 is 59.2. The van der Waals surface area contributed by atoms with Crippen molar-refractivity contribution in [3.8, 4) is 22.5 Å². The Hall–Kier alpha value is -4.95. The molecule has 0 atom stereocenters. The number of fused-ring (bicyclic) bond motifs is 6. The van der Waals surface area contributed by atoms with Crippen LogP contribution in [0.1, 0.15) is 33.4 Å². The minimum Gasteiger partial charge on any atom is -0.254 e. The second-order valence-electron chi connectivity index (χ2n) is 13.3. The maximum Gasteiger partial charge on any atom is 1.00 e. The fourth-order valence-corrected chi connectivity index (χ4v) is 6.89. The number of hydrogen-bond acceptors (Lipinski definition) is 4. The summed E-state index contributed by atoms with van der Waals surface area (Å²) in [6.45, 7) is 13.0. The third kappa shape index (κ3) is 9.77. The standard InChI is InChI=1S/C30H28N2.C12H8N2.Cu.F6P/c1-17-13-19(3)27(20(4)14-17)25-11-9-23-7-8-24-10-12-26(32-30(24)29(23)31-25)28-21(5)15-18(2)16-22(28)6;1-3-9-5-6-10-4-2-8-14-12(10)11(9)13-7-1;;1-7(2,3,4,5)6/h7-16H,1-6H3;1-8H;;/q;;+1;-1. The molecule has 0 aliphatic heterocycles. The van der Waals surface area contributed by atoms with E-state index >= 15 is 0 Å². The third-order valence-electron chi connectivity index (χ3n) is 8.73. The summed E-state index contributed by atoms with van der Waals surface area (Å²) in [5.74, 6) is 0. The summed E-state index contributed by atoms with van der Waals surface area (Å²) in [7, 11) is -10.7. The van der Waals surface area contributed by atoms with E-state index in [2.05, 4.69) is 136 Å². The Morgan fingerprint density at radius 1 is 0.407 bits per heavy atom. The van der Waals surface area contributed by atoms with E-state index < -0.39 is 7.81 Å². The van der Waals surface area contributed by atoms with Crippen LogP contribution < -0.4 is 0 Å². The second-order valence-corrected chi connectivity index (χ2v) is 15.2. The van der Waals surface area contributed by atoms with Crippen molar-refractivity contribution in [2.75, 3.05) is 0 Å². The van der Waals surface area contributed by atoms with Crippen molar-refractivity contribution < 1.29 is 42.3 Å². The zero-order valence-electron chi connectivity index (χ0n) is 30.2. The van der Waals surface area contributed by atoms with Crippen molar-refractivity contribution in [2.45, 2.75) is 41.5 Å². The van der Waals surface area contributed by atoms with Gasteiger partial charge in [0.2, 0.25) is 0 Å². The zero-order chi connectivity index (χ0) is 38.4. The average Bonchev–Trinajstić information content (AvgIpc) is 3.06. The molecule has 0 amide bonds. The van der Waals surface area contributed by atoms with Crippen LogP contribution in [0.2, 0.25) is 0 Å². The van der Waals surface area contributed by atoms with Crippen LogP contribution in [0, 0.1) is 41.5 Å². The van der Waals surface area contributed by atoms with Gasteiger partial charge in [0.1, 0.15) is 0 Å². The normalized spacial score (nSPS) is 12.6. The van der Waals surface area contributed by atoms with E-state index in [1.807, 2.05) is 12.1 Å². The predicted octanol–water partition coefficient (Wildman–Crippen LogP) is 14.1. The Labute approximate surface area is 319 Å². The molecule has 54 heavy (non-hydrogen) atoms. The van der Waals surface area contributed by atoms with E-state index in [0.717, 1.165) is 55.0 Å². The molecule has 0 unspecified atom stereocenters. The van der Waals surface area contributed by atoms with Crippen molar-refractivity contribution in [1.82, 2.24) is 19.9 Å². The van der Waals surface area contributed by atoms with Crippen molar-refractivity contribution in [1.29, 1.82) is 0 Å². The Balaban J connectivity index is 0.000000209. The molecule has 282 valence electrons. The minimum absolute atomic E-state index is 0. The molecule has 0 saturated carbocycles. The maximum atomic E-state index is 9.87. The van der Waals surface area contributed by atoms with Gasteiger partial charge in [-0.2, -0.15) is 0 Å². The smallest absolute Gasteiger partial charge is 0.254 e. The van der Waals surface area contributed by atoms with Crippen LogP contribution in [0.15, 0.2) is 109 Å². The molecule has 0 spiro atoms. The SMILES string of the molecule is Cc1cc(C)c(-c2ccc3ccc4ccc(-c5c(C)cc(C)cc5C)nc4c3n2)c(C)c1.F[P-](F)(F)(F)(F)F.[Cu+].c1cnc2c(c1)ccc1cccnc12. The molecule has 4 heterocycles. The average molecular weight is 805 g/mol. The summed E-state index contributed by atoms with van der Waals surface area (Å²) in [6.07, 6.45) is 3.60. The van der Waals surface area contributed by atoms with Gasteiger partial charge in [0.25, 0.3) is 0 Å². The molecule has 0 fully saturated rings. The molecule has 0 radical (unpaired) electrons. The Kier molecular flexibility index (Phi) is 10.7. The van der Waals surface area contributed by atoms with Crippen LogP contribution >= 0.6 is 7.81 Å². The number of aryl methyl sites for hydroxylation is 6. The molecule has 8 rings (SSSR count). The quantitative estimate of drug-likeness (QED) is 0.0756. The van der Waals surface area contributed by atoms with Crippen LogP contribution in [0.25, 0.3) is 66.1 Å². The molecule has 0 bridgehead atoms. The number of benzene rings is 4. The first kappa shape index (κ1) is 40.2. The van der Waals surface area contributed by atoms with Gasteiger partial charge >= 0.3 is 50.1 Å². The van der Waals surface area contributed by atoms with Gasteiger partial charge in [0.15, 0.2) is 0 Å². The van der Waals surface area contributed by atoms with E-state index in [1.54, 1.807) is 12.4 Å². The molecule has 4 aromatic carbocycles. The first-order chi connectivity index (χ1) is 24.7. The van der Waals surface area contributed by atoms with Gasteiger partial charge in [0, 0.05) is 45.1 Å². The Morgan fingerprint density at radius 3 is 1.00 bits per heavy atom. The molecular weight excluding hydrogens is 769 g/mol. The molecule has 12 heteroatoms. The van der Waals surface area contributed by atoms with Gasteiger partial charge in [0.05, 0.1) is 33.5 Å². The van der Waals surface area contributed by atoms with Gasteiger partial charge in [-0.15, -0.1) is 0 Å². The second kappa shape index (κ2) is 14.4. The van der Waals surface area contributed by atoms with Crippen molar-refractivity contribution >= 4 is 51.4 Å². The van der Waals surface area contributed by atoms with Crippen LogP contribution in [0.4, 0.5) is 25.2 Å². The Bertz CT molecular complexity index is 2470. The van der Waals surface area contributed by atoms with Gasteiger partial charge in [-0.3, -0.25) is 9.97 Å². The van der Waals surface area contributed by atoms with Gasteiger partial charge in [-0.25, -0.2) is 9.97 Å². The summed E-state index contributed by atoms with van der Waals surface area (Å²) in [4.78, 5) is 19.0. The first-order valence-corrected chi connectivity index (χ1v) is 18.8. The van der Waals surface area contributed by atoms with Gasteiger partial charge < -0.3 is 0 Å². The van der Waals surface area contributed by atoms with E-state index in [9.17, 15) is 25.2 Å². The van der Waals surface area contributed by atoms with Crippen LogP contribution in [-0.4, -0.2) is 19.9 Å². The summed E-state index contributed by atoms with van der Waals surface area (Å²) >= 11 is 0. The number of hydrogen-bond donors (Lipinski definition) is 0. The Morgan fingerprint density at radius 2 is 0.685 bits per heavy atom. The maximum absolute atomic E-state index is 10.7. The number of rotatable bonds is 2. The van der Waals surface area contributed by atoms with Crippen molar-refractivity contribution in [3.05, 3.63) is 143 Å². The van der Waals surface area contributed by atoms with Crippen LogP contribution in [-0.2, 0) is 17.1 Å². The molecule has 0 saturated heterocycles. The van der Waals surface area contributed by atoms with Crippen molar-refractivity contribution in [3.63, 3.8) is 0 Å². The van der Waals surface area contributed by atoms with E-state index in [-0.39, 0.29) is 17.1 Å². The van der Waals surface area contributed by atoms with E-state index in [4.69, 9.17) is 9.97 Å². The predicted molar refractivity (Wildman–Crippen MR) is 207 cm³/mol. The fourth-order valence-electron chi connectivity index (χ4n) is 6.89. The monoisotopic (exact) mass is 804 g/mol. The first-order valence-electron chi connectivity index (χ1n) is 16.7. The molecular formula is C42H36CuF6N4P. The van der Waals surface area contributed by atoms with Gasteiger partial charge in [-0.05, 0) is 88.1 Å². The topological polar surface area (TPSA) is 51.6 Å². The van der Waals surface area contributed by atoms with E-state index in [0.29, 0.717) is 0 Å². The fraction of sp³-hybridized carbons (Fsp3) is 0.143. The minimum atomic E-state index is -10.7. The largest absolute Gasteiger partial charge is 1.00 e. The molecule has 0 aliphatic rings. The molecule has 0 N–H and O–H groups in total. The van der Waals surface area contributed by atoms with Crippen molar-refractivity contribution in [2.24, 2.45) is 0 Å². The third-order valence-corrected chi connectivity index (χ3v) is 8.73. The molecule has 4 nitrogen and oxygen atoms in total. The summed E-state index contributed by atoms with van der Waals surface area (Å²) in [6, 6.07) is 34.0. The molecule has 0 aliphatic carbocycles. The van der Waals surface area contributed by atoms with E-state index in [1.165, 1.54) is 44.5 Å². The summed E-state index contributed by atoms with van der Waals surface area (Å²) in [5.41, 5.74) is 15.9. The van der Waals surface area contributed by atoms with Gasteiger partial charge in [-0.1, -0.05) is 83.9 Å². The molecule has 4 aromatic heterocycles. The molecule has 8 aromatic rings. The van der Waals surface area contributed by atoms with Crippen LogP contribution in [0.3, 0.4) is 0 Å². The summed E-state index contributed by atoms with van der Waals surface area (Å²) in [5, 5.41) is 4.51. The number of nitrogens with zero attached hydrogens (tertiary/aromatic N) is 4. The number of aromatic nitrogens is 4. The van der Waals surface area contributed by atoms with Crippen LogP contribution in [0.5, 0.6) is 0 Å². The number of halogens is 6.